The summed E-state index contributed by atoms with van der Waals surface area (Å²) in [5.41, 5.74) is 10.6. The molecule has 0 amide bonds. The first kappa shape index (κ1) is 13.6. The smallest absolute Gasteiger partial charge is 0.109 e. The van der Waals surface area contributed by atoms with E-state index in [0.29, 0.717) is 6.42 Å². The zero-order valence-corrected chi connectivity index (χ0v) is 12.4. The SMILES string of the molecule is CN(C)c1ccc(C(N)Cc2nc3ccccc3[nH]2)cc1. The first-order valence-electron chi connectivity index (χ1n) is 7.10. The van der Waals surface area contributed by atoms with Gasteiger partial charge in [0.05, 0.1) is 11.0 Å². The molecule has 2 aromatic carbocycles. The zero-order chi connectivity index (χ0) is 14.8. The summed E-state index contributed by atoms with van der Waals surface area (Å²) < 4.78 is 0. The lowest BCUT2D eigenvalue weighted by Gasteiger charge is -2.15. The van der Waals surface area contributed by atoms with Gasteiger partial charge in [-0.25, -0.2) is 4.98 Å². The van der Waals surface area contributed by atoms with E-state index in [9.17, 15) is 0 Å². The molecule has 21 heavy (non-hydrogen) atoms. The quantitative estimate of drug-likeness (QED) is 0.772. The van der Waals surface area contributed by atoms with Gasteiger partial charge in [-0.3, -0.25) is 0 Å². The van der Waals surface area contributed by atoms with E-state index in [2.05, 4.69) is 39.1 Å². The zero-order valence-electron chi connectivity index (χ0n) is 12.4. The van der Waals surface area contributed by atoms with Crippen molar-refractivity contribution in [1.29, 1.82) is 0 Å². The number of nitrogens with zero attached hydrogens (tertiary/aromatic N) is 2. The summed E-state index contributed by atoms with van der Waals surface area (Å²) in [6.45, 7) is 0. The third-order valence-electron chi connectivity index (χ3n) is 3.69. The number of nitrogens with two attached hydrogens (primary N) is 1. The molecule has 1 unspecified atom stereocenters. The summed E-state index contributed by atoms with van der Waals surface area (Å²) in [5.74, 6) is 0.931. The molecule has 0 saturated heterocycles. The van der Waals surface area contributed by atoms with E-state index in [1.807, 2.05) is 38.4 Å². The first-order valence-corrected chi connectivity index (χ1v) is 7.10. The van der Waals surface area contributed by atoms with Crippen LogP contribution in [-0.4, -0.2) is 24.1 Å². The highest BCUT2D eigenvalue weighted by atomic mass is 15.1. The number of para-hydroxylation sites is 2. The molecule has 0 saturated carbocycles. The predicted octanol–water partition coefficient (Wildman–Crippen LogP) is 2.87. The minimum atomic E-state index is -0.0539. The van der Waals surface area contributed by atoms with Crippen molar-refractivity contribution < 1.29 is 0 Å². The van der Waals surface area contributed by atoms with Crippen molar-refractivity contribution in [3.8, 4) is 0 Å². The summed E-state index contributed by atoms with van der Waals surface area (Å²) in [6, 6.07) is 16.3. The van der Waals surface area contributed by atoms with Crippen molar-refractivity contribution >= 4 is 16.7 Å². The van der Waals surface area contributed by atoms with Gasteiger partial charge in [-0.15, -0.1) is 0 Å². The summed E-state index contributed by atoms with van der Waals surface area (Å²) in [6.07, 6.45) is 0.704. The van der Waals surface area contributed by atoms with Crippen LogP contribution in [0.15, 0.2) is 48.5 Å². The van der Waals surface area contributed by atoms with Crippen LogP contribution in [-0.2, 0) is 6.42 Å². The van der Waals surface area contributed by atoms with E-state index in [0.717, 1.165) is 22.4 Å². The average Bonchev–Trinajstić information content (AvgIpc) is 2.89. The molecule has 1 atom stereocenters. The normalized spacial score (nSPS) is 12.5. The van der Waals surface area contributed by atoms with Gasteiger partial charge in [0, 0.05) is 32.2 Å². The minimum Gasteiger partial charge on any atom is -0.378 e. The number of aromatic nitrogens is 2. The minimum absolute atomic E-state index is 0.0539. The van der Waals surface area contributed by atoms with Crippen molar-refractivity contribution in [2.24, 2.45) is 5.73 Å². The molecular formula is C17H20N4. The Hall–Kier alpha value is -2.33. The van der Waals surface area contributed by atoms with Crippen LogP contribution in [0, 0.1) is 0 Å². The summed E-state index contributed by atoms with van der Waals surface area (Å²) in [7, 11) is 4.06. The molecule has 0 fully saturated rings. The lowest BCUT2D eigenvalue weighted by atomic mass is 10.0. The Balaban J connectivity index is 1.77. The third kappa shape index (κ3) is 2.90. The van der Waals surface area contributed by atoms with Crippen LogP contribution >= 0.6 is 0 Å². The number of H-pyrrole nitrogens is 1. The molecule has 0 aliphatic rings. The molecule has 4 nitrogen and oxygen atoms in total. The number of nitrogens with one attached hydrogen (secondary N) is 1. The molecule has 108 valence electrons. The van der Waals surface area contributed by atoms with Gasteiger partial charge < -0.3 is 15.6 Å². The van der Waals surface area contributed by atoms with Gasteiger partial charge in [-0.1, -0.05) is 24.3 Å². The molecule has 0 aliphatic heterocycles. The molecule has 3 N–H and O–H groups in total. The number of hydrogen-bond acceptors (Lipinski definition) is 3. The van der Waals surface area contributed by atoms with Gasteiger partial charge in [0.25, 0.3) is 0 Å². The predicted molar refractivity (Wildman–Crippen MR) is 87.5 cm³/mol. The Kier molecular flexibility index (Phi) is 3.62. The van der Waals surface area contributed by atoms with Crippen LogP contribution in [0.25, 0.3) is 11.0 Å². The maximum Gasteiger partial charge on any atom is 0.109 e. The van der Waals surface area contributed by atoms with E-state index < -0.39 is 0 Å². The fourth-order valence-corrected chi connectivity index (χ4v) is 2.45. The van der Waals surface area contributed by atoms with E-state index >= 15 is 0 Å². The molecular weight excluding hydrogens is 260 g/mol. The summed E-state index contributed by atoms with van der Waals surface area (Å²) >= 11 is 0. The lowest BCUT2D eigenvalue weighted by Crippen LogP contribution is -2.15. The number of hydrogen-bond donors (Lipinski definition) is 2. The van der Waals surface area contributed by atoms with Crippen LogP contribution in [0.4, 0.5) is 5.69 Å². The number of anilines is 1. The maximum absolute atomic E-state index is 6.30. The number of aromatic amines is 1. The molecule has 0 aliphatic carbocycles. The van der Waals surface area contributed by atoms with Crippen LogP contribution in [0.5, 0.6) is 0 Å². The van der Waals surface area contributed by atoms with Crippen LogP contribution in [0.2, 0.25) is 0 Å². The van der Waals surface area contributed by atoms with Gasteiger partial charge >= 0.3 is 0 Å². The second-order valence-corrected chi connectivity index (χ2v) is 5.50. The van der Waals surface area contributed by atoms with E-state index in [1.54, 1.807) is 0 Å². The van der Waals surface area contributed by atoms with E-state index in [-0.39, 0.29) is 6.04 Å². The van der Waals surface area contributed by atoms with Gasteiger partial charge in [0.1, 0.15) is 5.82 Å². The van der Waals surface area contributed by atoms with Gasteiger partial charge in [0.15, 0.2) is 0 Å². The second kappa shape index (κ2) is 5.58. The first-order chi connectivity index (χ1) is 10.1. The number of benzene rings is 2. The number of imidazole rings is 1. The lowest BCUT2D eigenvalue weighted by molar-refractivity contribution is 0.696. The van der Waals surface area contributed by atoms with Crippen molar-refractivity contribution in [3.05, 3.63) is 59.9 Å². The molecule has 1 heterocycles. The fourth-order valence-electron chi connectivity index (χ4n) is 2.45. The molecule has 0 radical (unpaired) electrons. The van der Waals surface area contributed by atoms with Gasteiger partial charge in [-0.2, -0.15) is 0 Å². The summed E-state index contributed by atoms with van der Waals surface area (Å²) in [5, 5.41) is 0. The Morgan fingerprint density at radius 2 is 1.81 bits per heavy atom. The molecule has 0 bridgehead atoms. The average molecular weight is 280 g/mol. The Bertz CT molecular complexity index is 695. The number of rotatable bonds is 4. The van der Waals surface area contributed by atoms with Gasteiger partial charge in [-0.05, 0) is 29.8 Å². The van der Waals surface area contributed by atoms with Crippen molar-refractivity contribution in [2.75, 3.05) is 19.0 Å². The van der Waals surface area contributed by atoms with Crippen molar-refractivity contribution in [3.63, 3.8) is 0 Å². The van der Waals surface area contributed by atoms with E-state index in [1.165, 1.54) is 5.69 Å². The Labute approximate surface area is 124 Å². The summed E-state index contributed by atoms with van der Waals surface area (Å²) in [4.78, 5) is 9.98. The molecule has 1 aromatic heterocycles. The highest BCUT2D eigenvalue weighted by molar-refractivity contribution is 5.74. The second-order valence-electron chi connectivity index (χ2n) is 5.50. The standard InChI is InChI=1S/C17H20N4/c1-21(2)13-9-7-12(8-10-13)14(18)11-17-19-15-5-3-4-6-16(15)20-17/h3-10,14H,11,18H2,1-2H3,(H,19,20). The van der Waals surface area contributed by atoms with Crippen molar-refractivity contribution in [2.45, 2.75) is 12.5 Å². The van der Waals surface area contributed by atoms with Crippen LogP contribution in [0.3, 0.4) is 0 Å². The topological polar surface area (TPSA) is 57.9 Å². The van der Waals surface area contributed by atoms with Crippen molar-refractivity contribution in [1.82, 2.24) is 9.97 Å². The third-order valence-corrected chi connectivity index (χ3v) is 3.69. The van der Waals surface area contributed by atoms with Crippen LogP contribution in [0.1, 0.15) is 17.4 Å². The Morgan fingerprint density at radius 3 is 2.48 bits per heavy atom. The van der Waals surface area contributed by atoms with Gasteiger partial charge in [0.2, 0.25) is 0 Å². The maximum atomic E-state index is 6.30. The van der Waals surface area contributed by atoms with Crippen LogP contribution < -0.4 is 10.6 Å². The Morgan fingerprint density at radius 1 is 1.10 bits per heavy atom. The van der Waals surface area contributed by atoms with E-state index in [4.69, 9.17) is 5.73 Å². The molecule has 3 aromatic rings. The molecule has 0 spiro atoms. The molecule has 4 heteroatoms. The highest BCUT2D eigenvalue weighted by Crippen LogP contribution is 2.20. The largest absolute Gasteiger partial charge is 0.378 e. The highest BCUT2D eigenvalue weighted by Gasteiger charge is 2.10. The number of fused-ring (bicyclic) bond motifs is 1. The molecule has 3 rings (SSSR count). The monoisotopic (exact) mass is 280 g/mol. The fraction of sp³-hybridized carbons (Fsp3) is 0.235.